The van der Waals surface area contributed by atoms with Crippen LogP contribution in [-0.4, -0.2) is 33.2 Å². The summed E-state index contributed by atoms with van der Waals surface area (Å²) < 4.78 is 41.0. The van der Waals surface area contributed by atoms with E-state index in [0.717, 1.165) is 23.1 Å². The van der Waals surface area contributed by atoms with Gasteiger partial charge in [0, 0.05) is 10.6 Å². The second-order valence-electron chi connectivity index (χ2n) is 5.04. The Bertz CT molecular complexity index is 930. The van der Waals surface area contributed by atoms with Gasteiger partial charge in [0.1, 0.15) is 5.82 Å². The SMILES string of the molecule is CSc1ccc(NC(=O)COC(=O)c2cc(S(N)(=O)=O)ccc2F)cc1. The zero-order valence-corrected chi connectivity index (χ0v) is 15.2. The minimum Gasteiger partial charge on any atom is -0.452 e. The molecule has 10 heteroatoms. The van der Waals surface area contributed by atoms with Crippen molar-refractivity contribution in [2.24, 2.45) is 5.14 Å². The van der Waals surface area contributed by atoms with E-state index in [9.17, 15) is 22.4 Å². The van der Waals surface area contributed by atoms with Gasteiger partial charge >= 0.3 is 5.97 Å². The van der Waals surface area contributed by atoms with Crippen LogP contribution in [0, 0.1) is 5.82 Å². The van der Waals surface area contributed by atoms with Gasteiger partial charge in [-0.05, 0) is 48.7 Å². The largest absolute Gasteiger partial charge is 0.452 e. The Morgan fingerprint density at radius 1 is 1.19 bits per heavy atom. The van der Waals surface area contributed by atoms with E-state index in [1.165, 1.54) is 0 Å². The molecule has 0 aliphatic carbocycles. The highest BCUT2D eigenvalue weighted by Gasteiger charge is 2.19. The third-order valence-electron chi connectivity index (χ3n) is 3.19. The van der Waals surface area contributed by atoms with E-state index < -0.39 is 44.8 Å². The van der Waals surface area contributed by atoms with Crippen LogP contribution in [0.5, 0.6) is 0 Å². The number of ether oxygens (including phenoxy) is 1. The van der Waals surface area contributed by atoms with Crippen LogP contribution < -0.4 is 10.5 Å². The number of primary sulfonamides is 1. The van der Waals surface area contributed by atoms with Gasteiger partial charge in [0.2, 0.25) is 10.0 Å². The third-order valence-corrected chi connectivity index (χ3v) is 4.85. The minimum absolute atomic E-state index is 0.441. The number of nitrogens with two attached hydrogens (primary N) is 1. The summed E-state index contributed by atoms with van der Waals surface area (Å²) in [6.07, 6.45) is 1.91. The normalized spacial score (nSPS) is 11.0. The van der Waals surface area contributed by atoms with Crippen molar-refractivity contribution in [1.82, 2.24) is 0 Å². The van der Waals surface area contributed by atoms with Crippen LogP contribution in [-0.2, 0) is 19.6 Å². The fourth-order valence-corrected chi connectivity index (χ4v) is 2.87. The summed E-state index contributed by atoms with van der Waals surface area (Å²) >= 11 is 1.54. The zero-order valence-electron chi connectivity index (χ0n) is 13.6. The van der Waals surface area contributed by atoms with E-state index in [4.69, 9.17) is 9.88 Å². The summed E-state index contributed by atoms with van der Waals surface area (Å²) in [6.45, 7) is -0.665. The number of hydrogen-bond acceptors (Lipinski definition) is 6. The lowest BCUT2D eigenvalue weighted by Crippen LogP contribution is -2.21. The molecule has 2 aromatic carbocycles. The molecule has 0 radical (unpaired) electrons. The first-order valence-electron chi connectivity index (χ1n) is 7.14. The molecule has 0 aromatic heterocycles. The van der Waals surface area contributed by atoms with Crippen LogP contribution in [0.15, 0.2) is 52.3 Å². The van der Waals surface area contributed by atoms with Crippen LogP contribution in [0.1, 0.15) is 10.4 Å². The monoisotopic (exact) mass is 398 g/mol. The molecule has 1 amide bonds. The molecule has 0 aliphatic heterocycles. The van der Waals surface area contributed by atoms with E-state index in [-0.39, 0.29) is 0 Å². The van der Waals surface area contributed by atoms with Gasteiger partial charge in [0.05, 0.1) is 10.5 Å². The van der Waals surface area contributed by atoms with E-state index in [1.54, 1.807) is 36.0 Å². The van der Waals surface area contributed by atoms with Crippen molar-refractivity contribution in [2.75, 3.05) is 18.2 Å². The molecule has 138 valence electrons. The maximum absolute atomic E-state index is 13.7. The van der Waals surface area contributed by atoms with Crippen molar-refractivity contribution < 1.29 is 27.1 Å². The summed E-state index contributed by atoms with van der Waals surface area (Å²) in [7, 11) is -4.11. The fraction of sp³-hybridized carbons (Fsp3) is 0.125. The van der Waals surface area contributed by atoms with Gasteiger partial charge in [-0.25, -0.2) is 22.7 Å². The molecule has 0 atom stereocenters. The second-order valence-corrected chi connectivity index (χ2v) is 7.48. The highest BCUT2D eigenvalue weighted by molar-refractivity contribution is 7.98. The van der Waals surface area contributed by atoms with Gasteiger partial charge in [0.25, 0.3) is 5.91 Å². The Hall–Kier alpha value is -2.43. The molecule has 0 heterocycles. The van der Waals surface area contributed by atoms with Crippen LogP contribution in [0.3, 0.4) is 0 Å². The van der Waals surface area contributed by atoms with Gasteiger partial charge in [-0.15, -0.1) is 11.8 Å². The van der Waals surface area contributed by atoms with Crippen molar-refractivity contribution in [2.45, 2.75) is 9.79 Å². The Kier molecular flexibility index (Phi) is 6.35. The van der Waals surface area contributed by atoms with E-state index in [1.807, 2.05) is 6.26 Å². The van der Waals surface area contributed by atoms with E-state index in [2.05, 4.69) is 5.32 Å². The van der Waals surface area contributed by atoms with Crippen molar-refractivity contribution in [3.63, 3.8) is 0 Å². The smallest absolute Gasteiger partial charge is 0.341 e. The number of amides is 1. The molecule has 2 aromatic rings. The number of halogens is 1. The molecule has 2 rings (SSSR count). The van der Waals surface area contributed by atoms with E-state index >= 15 is 0 Å². The number of nitrogens with one attached hydrogen (secondary N) is 1. The summed E-state index contributed by atoms with van der Waals surface area (Å²) in [4.78, 5) is 24.3. The highest BCUT2D eigenvalue weighted by atomic mass is 32.2. The number of benzene rings is 2. The average molecular weight is 398 g/mol. The van der Waals surface area contributed by atoms with Gasteiger partial charge in [-0.1, -0.05) is 0 Å². The molecule has 0 fully saturated rings. The lowest BCUT2D eigenvalue weighted by molar-refractivity contribution is -0.119. The summed E-state index contributed by atoms with van der Waals surface area (Å²) in [5, 5.41) is 7.45. The highest BCUT2D eigenvalue weighted by Crippen LogP contribution is 2.18. The van der Waals surface area contributed by atoms with Crippen LogP contribution >= 0.6 is 11.8 Å². The fourth-order valence-electron chi connectivity index (χ4n) is 1.92. The van der Waals surface area contributed by atoms with Gasteiger partial charge < -0.3 is 10.1 Å². The van der Waals surface area contributed by atoms with Crippen molar-refractivity contribution >= 4 is 39.3 Å². The number of thioether (sulfide) groups is 1. The Balaban J connectivity index is 2.00. The molecule has 7 nitrogen and oxygen atoms in total. The third kappa shape index (κ3) is 5.28. The summed E-state index contributed by atoms with van der Waals surface area (Å²) in [5.41, 5.74) is -0.125. The lowest BCUT2D eigenvalue weighted by Gasteiger charge is -2.08. The molecule has 0 saturated heterocycles. The predicted molar refractivity (Wildman–Crippen MR) is 94.9 cm³/mol. The number of carbonyl (C=O) groups excluding carboxylic acids is 2. The quantitative estimate of drug-likeness (QED) is 0.568. The topological polar surface area (TPSA) is 116 Å². The molecular formula is C16H15FN2O5S2. The zero-order chi connectivity index (χ0) is 19.3. The predicted octanol–water partition coefficient (Wildman–Crippen LogP) is 1.99. The molecule has 0 spiro atoms. The Morgan fingerprint density at radius 3 is 2.42 bits per heavy atom. The summed E-state index contributed by atoms with van der Waals surface area (Å²) in [6, 6.07) is 9.44. The summed E-state index contributed by atoms with van der Waals surface area (Å²) in [5.74, 6) is -2.80. The van der Waals surface area contributed by atoms with E-state index in [0.29, 0.717) is 5.69 Å². The second kappa shape index (κ2) is 8.30. The van der Waals surface area contributed by atoms with Crippen LogP contribution in [0.2, 0.25) is 0 Å². The van der Waals surface area contributed by atoms with Gasteiger partial charge in [-0.3, -0.25) is 4.79 Å². The van der Waals surface area contributed by atoms with Crippen molar-refractivity contribution in [3.05, 3.63) is 53.8 Å². The first-order valence-corrected chi connectivity index (χ1v) is 9.91. The van der Waals surface area contributed by atoms with Crippen LogP contribution in [0.4, 0.5) is 10.1 Å². The maximum atomic E-state index is 13.7. The number of anilines is 1. The number of hydrogen-bond donors (Lipinski definition) is 2. The molecular weight excluding hydrogens is 383 g/mol. The Labute approximate surface area is 153 Å². The average Bonchev–Trinajstić information content (AvgIpc) is 2.59. The molecule has 0 saturated carbocycles. The molecule has 0 aliphatic rings. The first-order chi connectivity index (χ1) is 12.2. The lowest BCUT2D eigenvalue weighted by atomic mass is 10.2. The molecule has 26 heavy (non-hydrogen) atoms. The maximum Gasteiger partial charge on any atom is 0.341 e. The number of esters is 1. The number of carbonyl (C=O) groups is 2. The van der Waals surface area contributed by atoms with Crippen molar-refractivity contribution in [3.8, 4) is 0 Å². The standard InChI is InChI=1S/C16H15FN2O5S2/c1-25-11-4-2-10(3-5-11)19-15(20)9-24-16(21)13-8-12(26(18,22)23)6-7-14(13)17/h2-8H,9H2,1H3,(H,19,20)(H2,18,22,23). The van der Waals surface area contributed by atoms with Gasteiger partial charge in [-0.2, -0.15) is 0 Å². The molecule has 0 bridgehead atoms. The molecule has 3 N–H and O–H groups in total. The first kappa shape index (κ1) is 19.9. The van der Waals surface area contributed by atoms with Crippen molar-refractivity contribution in [1.29, 1.82) is 0 Å². The van der Waals surface area contributed by atoms with Gasteiger partial charge in [0.15, 0.2) is 6.61 Å². The number of rotatable bonds is 6. The van der Waals surface area contributed by atoms with Crippen LogP contribution in [0.25, 0.3) is 0 Å². The minimum atomic E-state index is -4.11. The number of sulfonamides is 1. The molecule has 0 unspecified atom stereocenters. The Morgan fingerprint density at radius 2 is 1.85 bits per heavy atom.